The predicted octanol–water partition coefficient (Wildman–Crippen LogP) is 2.04. The highest BCUT2D eigenvalue weighted by Crippen LogP contribution is 2.19. The minimum absolute atomic E-state index is 0.197. The molecule has 0 spiro atoms. The van der Waals surface area contributed by atoms with Gasteiger partial charge in [0, 0.05) is 22.5 Å². The lowest BCUT2D eigenvalue weighted by molar-refractivity contribution is 0.580. The van der Waals surface area contributed by atoms with Crippen LogP contribution in [0.5, 0.6) is 0 Å². The number of aromatic nitrogens is 1. The van der Waals surface area contributed by atoms with Gasteiger partial charge in [-0.2, -0.15) is 0 Å². The van der Waals surface area contributed by atoms with Crippen LogP contribution in [-0.4, -0.2) is 19.9 Å². The molecule has 0 fully saturated rings. The van der Waals surface area contributed by atoms with Crippen molar-refractivity contribution in [3.05, 3.63) is 45.9 Å². The Labute approximate surface area is 129 Å². The van der Waals surface area contributed by atoms with Crippen molar-refractivity contribution in [2.75, 3.05) is 6.54 Å². The first kappa shape index (κ1) is 16.1. The van der Waals surface area contributed by atoms with Gasteiger partial charge in [0.1, 0.15) is 0 Å². The van der Waals surface area contributed by atoms with Gasteiger partial charge in [-0.25, -0.2) is 13.1 Å². The molecule has 0 unspecified atom stereocenters. The van der Waals surface area contributed by atoms with E-state index >= 15 is 0 Å². The van der Waals surface area contributed by atoms with E-state index in [2.05, 4.69) is 15.0 Å². The van der Waals surface area contributed by atoms with Gasteiger partial charge in [-0.05, 0) is 31.7 Å². The summed E-state index contributed by atoms with van der Waals surface area (Å²) in [6.45, 7) is 5.64. The molecule has 0 aromatic carbocycles. The molecule has 2 heterocycles. The predicted molar refractivity (Wildman–Crippen MR) is 84.7 cm³/mol. The smallest absolute Gasteiger partial charge is 0.241 e. The van der Waals surface area contributed by atoms with E-state index in [0.29, 0.717) is 17.1 Å². The molecule has 0 atom stereocenters. The number of pyridine rings is 1. The molecule has 0 amide bonds. The number of aryl methyl sites for hydroxylation is 1. The monoisotopic (exact) mass is 325 g/mol. The van der Waals surface area contributed by atoms with Crippen LogP contribution in [0.2, 0.25) is 0 Å². The van der Waals surface area contributed by atoms with Crippen LogP contribution in [-0.2, 0) is 23.1 Å². The fourth-order valence-electron chi connectivity index (χ4n) is 1.79. The zero-order valence-electron chi connectivity index (χ0n) is 12.1. The van der Waals surface area contributed by atoms with Crippen molar-refractivity contribution in [1.82, 2.24) is 15.0 Å². The lowest BCUT2D eigenvalue weighted by Gasteiger charge is -2.05. The molecule has 0 aliphatic carbocycles. The maximum Gasteiger partial charge on any atom is 0.241 e. The summed E-state index contributed by atoms with van der Waals surface area (Å²) in [5.74, 6) is 0. The molecule has 0 aliphatic rings. The van der Waals surface area contributed by atoms with E-state index in [9.17, 15) is 8.42 Å². The summed E-state index contributed by atoms with van der Waals surface area (Å²) in [5, 5.41) is 4.84. The average molecular weight is 325 g/mol. The van der Waals surface area contributed by atoms with Gasteiger partial charge < -0.3 is 5.32 Å². The normalized spacial score (nSPS) is 11.7. The van der Waals surface area contributed by atoms with Gasteiger partial charge in [0.05, 0.1) is 17.1 Å². The van der Waals surface area contributed by atoms with E-state index in [1.807, 2.05) is 26.0 Å². The zero-order chi connectivity index (χ0) is 15.3. The second kappa shape index (κ2) is 7.13. The number of sulfonamides is 1. The molecule has 2 aromatic rings. The quantitative estimate of drug-likeness (QED) is 0.817. The molecule has 2 rings (SSSR count). The minimum atomic E-state index is -3.48. The Hall–Kier alpha value is -1.28. The molecule has 7 heteroatoms. The first-order chi connectivity index (χ1) is 10.0. The van der Waals surface area contributed by atoms with Crippen molar-refractivity contribution in [3.63, 3.8) is 0 Å². The number of thiophene rings is 1. The summed E-state index contributed by atoms with van der Waals surface area (Å²) >= 11 is 1.44. The summed E-state index contributed by atoms with van der Waals surface area (Å²) in [5.41, 5.74) is 1.58. The molecule has 0 bridgehead atoms. The number of nitrogens with zero attached hydrogens (tertiary/aromatic N) is 1. The number of rotatable bonds is 7. The van der Waals surface area contributed by atoms with Crippen LogP contribution < -0.4 is 10.0 Å². The van der Waals surface area contributed by atoms with Gasteiger partial charge in [-0.15, -0.1) is 11.3 Å². The lowest BCUT2D eigenvalue weighted by atomic mass is 10.3. The zero-order valence-corrected chi connectivity index (χ0v) is 13.7. The molecule has 2 N–H and O–H groups in total. The molecule has 0 aliphatic heterocycles. The Morgan fingerprint density at radius 1 is 1.29 bits per heavy atom. The maximum absolute atomic E-state index is 12.2. The van der Waals surface area contributed by atoms with Crippen molar-refractivity contribution in [2.24, 2.45) is 0 Å². The van der Waals surface area contributed by atoms with Crippen LogP contribution >= 0.6 is 11.3 Å². The highest BCUT2D eigenvalue weighted by atomic mass is 32.2. The Kier molecular flexibility index (Phi) is 5.46. The number of nitrogens with one attached hydrogen (secondary N) is 2. The third-order valence-corrected chi connectivity index (χ3v) is 5.35. The van der Waals surface area contributed by atoms with Crippen LogP contribution in [0.4, 0.5) is 0 Å². The van der Waals surface area contributed by atoms with Crippen LogP contribution in [0.25, 0.3) is 0 Å². The molecule has 5 nitrogen and oxygen atoms in total. The van der Waals surface area contributed by atoms with E-state index in [1.165, 1.54) is 11.3 Å². The average Bonchev–Trinajstić information content (AvgIpc) is 2.93. The van der Waals surface area contributed by atoms with E-state index in [0.717, 1.165) is 17.1 Å². The van der Waals surface area contributed by atoms with Crippen molar-refractivity contribution in [3.8, 4) is 0 Å². The summed E-state index contributed by atoms with van der Waals surface area (Å²) in [6, 6.07) is 7.26. The first-order valence-electron chi connectivity index (χ1n) is 6.71. The molecule has 21 heavy (non-hydrogen) atoms. The Bertz CT molecular complexity index is 696. The topological polar surface area (TPSA) is 71.1 Å². The van der Waals surface area contributed by atoms with E-state index in [1.54, 1.807) is 17.5 Å². The Balaban J connectivity index is 2.02. The summed E-state index contributed by atoms with van der Waals surface area (Å²) in [7, 11) is -3.48. The fraction of sp³-hybridized carbons (Fsp3) is 0.357. The molecule has 0 saturated heterocycles. The highest BCUT2D eigenvalue weighted by Gasteiger charge is 2.16. The molecular weight excluding hydrogens is 306 g/mol. The third kappa shape index (κ3) is 4.60. The molecular formula is C14H19N3O2S2. The second-order valence-electron chi connectivity index (χ2n) is 4.62. The van der Waals surface area contributed by atoms with Crippen LogP contribution in [0.1, 0.15) is 23.2 Å². The van der Waals surface area contributed by atoms with E-state index in [-0.39, 0.29) is 6.54 Å². The molecule has 114 valence electrons. The van der Waals surface area contributed by atoms with Crippen molar-refractivity contribution in [1.29, 1.82) is 0 Å². The maximum atomic E-state index is 12.2. The SMILES string of the molecule is CCNCc1cc(S(=O)(=O)NCc2cccc(C)n2)cs1. The summed E-state index contributed by atoms with van der Waals surface area (Å²) in [4.78, 5) is 5.60. The standard InChI is InChI=1S/C14H19N3O2S2/c1-3-15-9-13-7-14(10-20-13)21(18,19)16-8-12-6-4-5-11(2)17-12/h4-7,10,15-16H,3,8-9H2,1-2H3. The largest absolute Gasteiger partial charge is 0.312 e. The van der Waals surface area contributed by atoms with Crippen LogP contribution in [0.3, 0.4) is 0 Å². The van der Waals surface area contributed by atoms with E-state index < -0.39 is 10.0 Å². The molecule has 0 radical (unpaired) electrons. The summed E-state index contributed by atoms with van der Waals surface area (Å²) < 4.78 is 27.0. The van der Waals surface area contributed by atoms with Gasteiger partial charge in [-0.1, -0.05) is 13.0 Å². The van der Waals surface area contributed by atoms with Gasteiger partial charge in [0.2, 0.25) is 10.0 Å². The highest BCUT2D eigenvalue weighted by molar-refractivity contribution is 7.89. The molecule has 2 aromatic heterocycles. The van der Waals surface area contributed by atoms with Gasteiger partial charge >= 0.3 is 0 Å². The van der Waals surface area contributed by atoms with Crippen molar-refractivity contribution >= 4 is 21.4 Å². The minimum Gasteiger partial charge on any atom is -0.312 e. The number of hydrogen-bond donors (Lipinski definition) is 2. The lowest BCUT2D eigenvalue weighted by Crippen LogP contribution is -2.23. The fourth-order valence-corrected chi connectivity index (χ4v) is 4.04. The van der Waals surface area contributed by atoms with Crippen molar-refractivity contribution < 1.29 is 8.42 Å². The Morgan fingerprint density at radius 2 is 2.10 bits per heavy atom. The summed E-state index contributed by atoms with van der Waals surface area (Å²) in [6.07, 6.45) is 0. The molecule has 0 saturated carbocycles. The van der Waals surface area contributed by atoms with Gasteiger partial charge in [0.15, 0.2) is 0 Å². The van der Waals surface area contributed by atoms with Crippen molar-refractivity contribution in [2.45, 2.75) is 31.8 Å². The third-order valence-electron chi connectivity index (χ3n) is 2.88. The van der Waals surface area contributed by atoms with Gasteiger partial charge in [-0.3, -0.25) is 4.98 Å². The van der Waals surface area contributed by atoms with E-state index in [4.69, 9.17) is 0 Å². The van der Waals surface area contributed by atoms with Crippen LogP contribution in [0, 0.1) is 6.92 Å². The first-order valence-corrected chi connectivity index (χ1v) is 9.08. The number of hydrogen-bond acceptors (Lipinski definition) is 5. The van der Waals surface area contributed by atoms with Crippen LogP contribution in [0.15, 0.2) is 34.5 Å². The Morgan fingerprint density at radius 3 is 2.81 bits per heavy atom. The second-order valence-corrected chi connectivity index (χ2v) is 7.39. The van der Waals surface area contributed by atoms with Gasteiger partial charge in [0.25, 0.3) is 0 Å².